The average Bonchev–Trinajstić information content (AvgIpc) is 2.65. The maximum absolute atomic E-state index is 12.2. The summed E-state index contributed by atoms with van der Waals surface area (Å²) in [4.78, 5) is 17.9. The molecule has 1 aromatic heterocycles. The summed E-state index contributed by atoms with van der Waals surface area (Å²) in [6.07, 6.45) is 7.50. The minimum Gasteiger partial charge on any atom is -0.493 e. The Morgan fingerprint density at radius 3 is 2.80 bits per heavy atom. The molecule has 5 nitrogen and oxygen atoms in total. The van der Waals surface area contributed by atoms with Crippen LogP contribution in [0.25, 0.3) is 6.08 Å². The fourth-order valence-electron chi connectivity index (χ4n) is 2.32. The highest BCUT2D eigenvalue weighted by Crippen LogP contribution is 2.28. The van der Waals surface area contributed by atoms with Gasteiger partial charge in [0.2, 0.25) is 5.91 Å². The molecule has 0 aliphatic rings. The number of hydrogen-bond acceptors (Lipinski definition) is 4. The summed E-state index contributed by atoms with van der Waals surface area (Å²) in [6, 6.07) is 9.60. The molecule has 0 fully saturated rings. The van der Waals surface area contributed by atoms with E-state index in [-0.39, 0.29) is 5.91 Å². The van der Waals surface area contributed by atoms with E-state index in [0.717, 1.165) is 29.0 Å². The van der Waals surface area contributed by atoms with E-state index >= 15 is 0 Å². The highest BCUT2D eigenvalue weighted by Gasteiger charge is 2.08. The summed E-state index contributed by atoms with van der Waals surface area (Å²) < 4.78 is 10.9. The molecular weight excluding hydrogens is 316 g/mol. The normalized spacial score (nSPS) is 10.7. The molecule has 132 valence electrons. The van der Waals surface area contributed by atoms with Crippen molar-refractivity contribution in [2.24, 2.45) is 0 Å². The molecule has 0 aliphatic heterocycles. The number of amides is 1. The van der Waals surface area contributed by atoms with Crippen molar-refractivity contribution in [3.05, 3.63) is 59.9 Å². The van der Waals surface area contributed by atoms with Crippen molar-refractivity contribution in [2.45, 2.75) is 13.3 Å². The quantitative estimate of drug-likeness (QED) is 0.693. The third-order valence-electron chi connectivity index (χ3n) is 3.74. The monoisotopic (exact) mass is 340 g/mol. The summed E-state index contributed by atoms with van der Waals surface area (Å²) in [5.41, 5.74) is 2.00. The minimum absolute atomic E-state index is 0.0394. The number of likely N-dealkylation sites (N-methyl/N-ethyl adjacent to an activating group) is 1. The number of benzene rings is 1. The Bertz CT molecular complexity index is 714. The van der Waals surface area contributed by atoms with Crippen LogP contribution in [-0.4, -0.2) is 43.1 Å². The molecule has 0 N–H and O–H groups in total. The van der Waals surface area contributed by atoms with E-state index < -0.39 is 0 Å². The number of carbonyl (C=O) groups is 1. The number of carbonyl (C=O) groups excluding carboxylic acids is 1. The van der Waals surface area contributed by atoms with Crippen LogP contribution >= 0.6 is 0 Å². The maximum Gasteiger partial charge on any atom is 0.246 e. The van der Waals surface area contributed by atoms with Gasteiger partial charge >= 0.3 is 0 Å². The highest BCUT2D eigenvalue weighted by atomic mass is 16.5. The van der Waals surface area contributed by atoms with Crippen LogP contribution in [0.5, 0.6) is 11.5 Å². The van der Waals surface area contributed by atoms with Crippen molar-refractivity contribution in [3.63, 3.8) is 0 Å². The van der Waals surface area contributed by atoms with Gasteiger partial charge in [0.15, 0.2) is 11.5 Å². The first-order valence-electron chi connectivity index (χ1n) is 8.27. The SMILES string of the molecule is CCOc1cc(CCN(C)C(=O)/C=C/c2cccnc2)ccc1OC. The number of aromatic nitrogens is 1. The molecule has 0 atom stereocenters. The molecular formula is C20H24N2O3. The predicted octanol–water partition coefficient (Wildman–Crippen LogP) is 3.20. The molecule has 2 aromatic rings. The van der Waals surface area contributed by atoms with Crippen LogP contribution in [0.4, 0.5) is 0 Å². The highest BCUT2D eigenvalue weighted by molar-refractivity contribution is 5.91. The van der Waals surface area contributed by atoms with Gasteiger partial charge in [-0.05, 0) is 48.7 Å². The van der Waals surface area contributed by atoms with Crippen LogP contribution in [0.15, 0.2) is 48.8 Å². The second kappa shape index (κ2) is 9.47. The van der Waals surface area contributed by atoms with Gasteiger partial charge in [-0.15, -0.1) is 0 Å². The maximum atomic E-state index is 12.2. The minimum atomic E-state index is -0.0394. The summed E-state index contributed by atoms with van der Waals surface area (Å²) in [7, 11) is 3.42. The van der Waals surface area contributed by atoms with Gasteiger partial charge < -0.3 is 14.4 Å². The van der Waals surface area contributed by atoms with Gasteiger partial charge in [-0.2, -0.15) is 0 Å². The van der Waals surface area contributed by atoms with Crippen molar-refractivity contribution < 1.29 is 14.3 Å². The zero-order chi connectivity index (χ0) is 18.1. The molecule has 0 unspecified atom stereocenters. The Morgan fingerprint density at radius 1 is 1.28 bits per heavy atom. The molecule has 0 aliphatic carbocycles. The zero-order valence-electron chi connectivity index (χ0n) is 14.9. The van der Waals surface area contributed by atoms with Crippen LogP contribution in [0, 0.1) is 0 Å². The Hall–Kier alpha value is -2.82. The fraction of sp³-hybridized carbons (Fsp3) is 0.300. The van der Waals surface area contributed by atoms with Crippen LogP contribution < -0.4 is 9.47 Å². The summed E-state index contributed by atoms with van der Waals surface area (Å²) in [5.74, 6) is 1.41. The van der Waals surface area contributed by atoms with Crippen molar-refractivity contribution in [1.82, 2.24) is 9.88 Å². The van der Waals surface area contributed by atoms with Crippen LogP contribution in [0.3, 0.4) is 0 Å². The van der Waals surface area contributed by atoms with E-state index in [0.29, 0.717) is 13.2 Å². The van der Waals surface area contributed by atoms with Crippen molar-refractivity contribution >= 4 is 12.0 Å². The largest absolute Gasteiger partial charge is 0.493 e. The second-order valence-electron chi connectivity index (χ2n) is 5.55. The number of ether oxygens (including phenoxy) is 2. The van der Waals surface area contributed by atoms with Gasteiger partial charge in [0.25, 0.3) is 0 Å². The molecule has 0 spiro atoms. The fourth-order valence-corrected chi connectivity index (χ4v) is 2.32. The lowest BCUT2D eigenvalue weighted by Gasteiger charge is -2.16. The first-order valence-corrected chi connectivity index (χ1v) is 8.27. The lowest BCUT2D eigenvalue weighted by Crippen LogP contribution is -2.27. The molecule has 1 aromatic carbocycles. The van der Waals surface area contributed by atoms with Crippen molar-refractivity contribution in [2.75, 3.05) is 27.3 Å². The van der Waals surface area contributed by atoms with E-state index in [1.165, 1.54) is 0 Å². The van der Waals surface area contributed by atoms with E-state index in [1.807, 2.05) is 37.3 Å². The number of pyridine rings is 1. The summed E-state index contributed by atoms with van der Waals surface area (Å²) in [5, 5.41) is 0. The van der Waals surface area contributed by atoms with E-state index in [9.17, 15) is 4.79 Å². The summed E-state index contributed by atoms with van der Waals surface area (Å²) in [6.45, 7) is 3.14. The lowest BCUT2D eigenvalue weighted by molar-refractivity contribution is -0.124. The topological polar surface area (TPSA) is 51.7 Å². The van der Waals surface area contributed by atoms with E-state index in [4.69, 9.17) is 9.47 Å². The third-order valence-corrected chi connectivity index (χ3v) is 3.74. The first kappa shape index (κ1) is 18.5. The van der Waals surface area contributed by atoms with Crippen LogP contribution in [-0.2, 0) is 11.2 Å². The number of hydrogen-bond donors (Lipinski definition) is 0. The smallest absolute Gasteiger partial charge is 0.246 e. The van der Waals surface area contributed by atoms with Crippen LogP contribution in [0.2, 0.25) is 0 Å². The Kier molecular flexibility index (Phi) is 7.01. The number of nitrogens with zero attached hydrogens (tertiary/aromatic N) is 2. The Morgan fingerprint density at radius 2 is 2.12 bits per heavy atom. The van der Waals surface area contributed by atoms with Gasteiger partial charge in [0.1, 0.15) is 0 Å². The molecule has 1 heterocycles. The van der Waals surface area contributed by atoms with Crippen molar-refractivity contribution in [3.8, 4) is 11.5 Å². The van der Waals surface area contributed by atoms with Crippen molar-refractivity contribution in [1.29, 1.82) is 0 Å². The molecule has 0 bridgehead atoms. The van der Waals surface area contributed by atoms with Gasteiger partial charge in [0.05, 0.1) is 13.7 Å². The molecule has 0 saturated carbocycles. The molecule has 25 heavy (non-hydrogen) atoms. The first-order chi connectivity index (χ1) is 12.1. The predicted molar refractivity (Wildman–Crippen MR) is 98.8 cm³/mol. The average molecular weight is 340 g/mol. The van der Waals surface area contributed by atoms with Gasteiger partial charge in [-0.3, -0.25) is 9.78 Å². The van der Waals surface area contributed by atoms with E-state index in [1.54, 1.807) is 43.6 Å². The standard InChI is InChI=1S/C20H24N2O3/c1-4-25-19-14-16(7-9-18(19)24-3)11-13-22(2)20(23)10-8-17-6-5-12-21-15-17/h5-10,12,14-15H,4,11,13H2,1-3H3/b10-8+. The number of rotatable bonds is 8. The molecule has 0 saturated heterocycles. The molecule has 1 amide bonds. The zero-order valence-corrected chi connectivity index (χ0v) is 14.9. The van der Waals surface area contributed by atoms with E-state index in [2.05, 4.69) is 4.98 Å². The third kappa shape index (κ3) is 5.64. The molecule has 2 rings (SSSR count). The molecule has 0 radical (unpaired) electrons. The van der Waals surface area contributed by atoms with Gasteiger partial charge in [-0.1, -0.05) is 12.1 Å². The van der Waals surface area contributed by atoms with Crippen LogP contribution in [0.1, 0.15) is 18.1 Å². The van der Waals surface area contributed by atoms with Gasteiger partial charge in [-0.25, -0.2) is 0 Å². The lowest BCUT2D eigenvalue weighted by atomic mass is 10.1. The molecule has 5 heteroatoms. The Balaban J connectivity index is 1.92. The summed E-state index contributed by atoms with van der Waals surface area (Å²) >= 11 is 0. The second-order valence-corrected chi connectivity index (χ2v) is 5.55. The number of methoxy groups -OCH3 is 1. The Labute approximate surface area is 148 Å². The van der Waals surface area contributed by atoms with Gasteiger partial charge in [0, 0.05) is 32.1 Å².